The first-order chi connectivity index (χ1) is 8.97. The van der Waals surface area contributed by atoms with Crippen molar-refractivity contribution < 1.29 is 13.6 Å². The van der Waals surface area contributed by atoms with Crippen LogP contribution in [0.2, 0.25) is 5.02 Å². The molecular weight excluding hydrogens is 338 g/mol. The molecular formula is C14H8BrClF2O. The van der Waals surface area contributed by atoms with E-state index in [0.29, 0.717) is 16.7 Å². The molecule has 19 heavy (non-hydrogen) atoms. The molecule has 0 aliphatic rings. The third-order valence-corrected chi connectivity index (χ3v) is 3.44. The van der Waals surface area contributed by atoms with Crippen LogP contribution in [0.25, 0.3) is 0 Å². The van der Waals surface area contributed by atoms with Crippen LogP contribution in [-0.2, 0) is 6.42 Å². The molecule has 0 unspecified atom stereocenters. The molecule has 0 radical (unpaired) electrons. The molecule has 0 saturated heterocycles. The first-order valence-corrected chi connectivity index (χ1v) is 6.56. The van der Waals surface area contributed by atoms with Gasteiger partial charge < -0.3 is 0 Å². The zero-order valence-electron chi connectivity index (χ0n) is 9.59. The van der Waals surface area contributed by atoms with Gasteiger partial charge in [-0.3, -0.25) is 4.79 Å². The van der Waals surface area contributed by atoms with Gasteiger partial charge in [0.1, 0.15) is 11.6 Å². The van der Waals surface area contributed by atoms with Gasteiger partial charge in [-0.25, -0.2) is 8.78 Å². The summed E-state index contributed by atoms with van der Waals surface area (Å²) in [5.74, 6) is -2.02. The molecule has 0 aromatic heterocycles. The van der Waals surface area contributed by atoms with Crippen LogP contribution in [0.1, 0.15) is 15.9 Å². The van der Waals surface area contributed by atoms with Gasteiger partial charge in [0, 0.05) is 22.0 Å². The number of hydrogen-bond acceptors (Lipinski definition) is 1. The van der Waals surface area contributed by atoms with Crippen molar-refractivity contribution in [1.29, 1.82) is 0 Å². The second kappa shape index (κ2) is 5.80. The van der Waals surface area contributed by atoms with Gasteiger partial charge in [0.25, 0.3) is 0 Å². The zero-order chi connectivity index (χ0) is 14.0. The van der Waals surface area contributed by atoms with Crippen molar-refractivity contribution in [2.45, 2.75) is 6.42 Å². The lowest BCUT2D eigenvalue weighted by Crippen LogP contribution is -2.07. The zero-order valence-corrected chi connectivity index (χ0v) is 11.9. The quantitative estimate of drug-likeness (QED) is 0.730. The van der Waals surface area contributed by atoms with Crippen LogP contribution in [0.3, 0.4) is 0 Å². The molecule has 0 aliphatic heterocycles. The Hall–Kier alpha value is -1.26. The molecule has 2 aromatic carbocycles. The van der Waals surface area contributed by atoms with Crippen molar-refractivity contribution in [1.82, 2.24) is 0 Å². The molecule has 98 valence electrons. The maximum absolute atomic E-state index is 13.5. The van der Waals surface area contributed by atoms with Crippen LogP contribution in [-0.4, -0.2) is 5.78 Å². The van der Waals surface area contributed by atoms with Crippen molar-refractivity contribution in [2.24, 2.45) is 0 Å². The van der Waals surface area contributed by atoms with Gasteiger partial charge in [0.15, 0.2) is 5.78 Å². The average molecular weight is 346 g/mol. The van der Waals surface area contributed by atoms with Gasteiger partial charge in [-0.2, -0.15) is 0 Å². The second-order valence-corrected chi connectivity index (χ2v) is 5.28. The fourth-order valence-electron chi connectivity index (χ4n) is 1.65. The number of ketones is 1. The van der Waals surface area contributed by atoms with E-state index in [-0.39, 0.29) is 12.0 Å². The average Bonchev–Trinajstić information content (AvgIpc) is 2.32. The van der Waals surface area contributed by atoms with E-state index in [0.717, 1.165) is 16.6 Å². The summed E-state index contributed by atoms with van der Waals surface area (Å²) >= 11 is 9.25. The number of Topliss-reactive ketones (excluding diaryl/α,β-unsaturated/α-hetero) is 1. The van der Waals surface area contributed by atoms with Gasteiger partial charge in [0.2, 0.25) is 0 Å². The minimum atomic E-state index is -0.863. The molecule has 0 heterocycles. The van der Waals surface area contributed by atoms with E-state index in [1.165, 1.54) is 0 Å². The van der Waals surface area contributed by atoms with Crippen LogP contribution < -0.4 is 0 Å². The minimum Gasteiger partial charge on any atom is -0.294 e. The summed E-state index contributed by atoms with van der Waals surface area (Å²) < 4.78 is 27.0. The standard InChI is InChI=1S/C14H8BrClF2O/c15-9-2-1-8(12(16)6-9)5-14(19)11-4-3-10(17)7-13(11)18/h1-4,6-7H,5H2. The molecule has 2 aromatic rings. The van der Waals surface area contributed by atoms with Crippen LogP contribution >= 0.6 is 27.5 Å². The third-order valence-electron chi connectivity index (χ3n) is 2.60. The van der Waals surface area contributed by atoms with Gasteiger partial charge in [-0.1, -0.05) is 33.6 Å². The Morgan fingerprint density at radius 1 is 1.16 bits per heavy atom. The molecule has 0 atom stereocenters. The summed E-state index contributed by atoms with van der Waals surface area (Å²) in [5, 5.41) is 0.422. The Morgan fingerprint density at radius 2 is 1.89 bits per heavy atom. The second-order valence-electron chi connectivity index (χ2n) is 3.96. The highest BCUT2D eigenvalue weighted by Crippen LogP contribution is 2.23. The largest absolute Gasteiger partial charge is 0.294 e. The molecule has 2 rings (SSSR count). The Bertz CT molecular complexity index is 643. The van der Waals surface area contributed by atoms with Crippen molar-refractivity contribution in [3.8, 4) is 0 Å². The van der Waals surface area contributed by atoms with E-state index < -0.39 is 17.4 Å². The SMILES string of the molecule is O=C(Cc1ccc(Br)cc1Cl)c1ccc(F)cc1F. The van der Waals surface area contributed by atoms with Crippen molar-refractivity contribution >= 4 is 33.3 Å². The first-order valence-electron chi connectivity index (χ1n) is 5.39. The topological polar surface area (TPSA) is 17.1 Å². The molecule has 0 amide bonds. The summed E-state index contributed by atoms with van der Waals surface area (Å²) in [6.07, 6.45) is -0.0331. The number of carbonyl (C=O) groups excluding carboxylic acids is 1. The summed E-state index contributed by atoms with van der Waals surface area (Å²) in [5.41, 5.74) is 0.457. The lowest BCUT2D eigenvalue weighted by atomic mass is 10.0. The van der Waals surface area contributed by atoms with Gasteiger partial charge in [-0.15, -0.1) is 0 Å². The fraction of sp³-hybridized carbons (Fsp3) is 0.0714. The number of benzene rings is 2. The van der Waals surface area contributed by atoms with Gasteiger partial charge in [-0.05, 0) is 29.8 Å². The molecule has 5 heteroatoms. The molecule has 0 saturated carbocycles. The monoisotopic (exact) mass is 344 g/mol. The van der Waals surface area contributed by atoms with Crippen molar-refractivity contribution in [3.63, 3.8) is 0 Å². The Labute approximate surface area is 122 Å². The summed E-state index contributed by atoms with van der Waals surface area (Å²) in [6.45, 7) is 0. The van der Waals surface area contributed by atoms with E-state index in [1.54, 1.807) is 18.2 Å². The molecule has 1 nitrogen and oxygen atoms in total. The summed E-state index contributed by atoms with van der Waals surface area (Å²) in [4.78, 5) is 12.0. The van der Waals surface area contributed by atoms with Crippen molar-refractivity contribution in [2.75, 3.05) is 0 Å². The van der Waals surface area contributed by atoms with Gasteiger partial charge >= 0.3 is 0 Å². The van der Waals surface area contributed by atoms with Crippen LogP contribution in [0, 0.1) is 11.6 Å². The predicted molar refractivity (Wildman–Crippen MR) is 73.5 cm³/mol. The van der Waals surface area contributed by atoms with Crippen LogP contribution in [0.4, 0.5) is 8.78 Å². The lowest BCUT2D eigenvalue weighted by Gasteiger charge is -2.05. The third kappa shape index (κ3) is 3.39. The molecule has 0 aliphatic carbocycles. The number of halogens is 4. The van der Waals surface area contributed by atoms with Crippen LogP contribution in [0.5, 0.6) is 0 Å². The summed E-state index contributed by atoms with van der Waals surface area (Å²) in [7, 11) is 0. The highest BCUT2D eigenvalue weighted by atomic mass is 79.9. The van der Waals surface area contributed by atoms with E-state index in [4.69, 9.17) is 11.6 Å². The normalized spacial score (nSPS) is 10.5. The number of carbonyl (C=O) groups is 1. The lowest BCUT2D eigenvalue weighted by molar-refractivity contribution is 0.0989. The predicted octanol–water partition coefficient (Wildman–Crippen LogP) is 4.81. The van der Waals surface area contributed by atoms with Crippen molar-refractivity contribution in [3.05, 3.63) is 68.7 Å². The highest BCUT2D eigenvalue weighted by Gasteiger charge is 2.14. The maximum atomic E-state index is 13.5. The smallest absolute Gasteiger partial charge is 0.170 e. The Balaban J connectivity index is 2.25. The number of hydrogen-bond donors (Lipinski definition) is 0. The molecule has 0 bridgehead atoms. The minimum absolute atomic E-state index is 0.0331. The fourth-order valence-corrected chi connectivity index (χ4v) is 2.39. The van der Waals surface area contributed by atoms with Crippen LogP contribution in [0.15, 0.2) is 40.9 Å². The number of rotatable bonds is 3. The Kier molecular flexibility index (Phi) is 4.32. The molecule has 0 N–H and O–H groups in total. The molecule has 0 fully saturated rings. The summed E-state index contributed by atoms with van der Waals surface area (Å²) in [6, 6.07) is 7.97. The van der Waals surface area contributed by atoms with E-state index in [1.807, 2.05) is 0 Å². The van der Waals surface area contributed by atoms with E-state index in [9.17, 15) is 13.6 Å². The first kappa shape index (κ1) is 14.2. The van der Waals surface area contributed by atoms with Gasteiger partial charge in [0.05, 0.1) is 5.56 Å². The Morgan fingerprint density at radius 3 is 2.53 bits per heavy atom. The highest BCUT2D eigenvalue weighted by molar-refractivity contribution is 9.10. The molecule has 0 spiro atoms. The van der Waals surface area contributed by atoms with E-state index in [2.05, 4.69) is 15.9 Å². The maximum Gasteiger partial charge on any atom is 0.170 e. The van der Waals surface area contributed by atoms with E-state index >= 15 is 0 Å².